The zero-order valence-electron chi connectivity index (χ0n) is 10.7. The van der Waals surface area contributed by atoms with Crippen molar-refractivity contribution in [3.8, 4) is 6.07 Å². The molecule has 0 aliphatic carbocycles. The van der Waals surface area contributed by atoms with Crippen molar-refractivity contribution >= 4 is 17.4 Å². The predicted octanol–water partition coefficient (Wildman–Crippen LogP) is 1.82. The zero-order valence-corrected chi connectivity index (χ0v) is 10.7. The molecule has 0 fully saturated rings. The number of rotatable bonds is 2. The van der Waals surface area contributed by atoms with Gasteiger partial charge in [0.1, 0.15) is 17.6 Å². The number of nitriles is 1. The Morgan fingerprint density at radius 2 is 2.10 bits per heavy atom. The Labute approximate surface area is 119 Å². The normalized spacial score (nSPS) is 13.2. The third-order valence-corrected chi connectivity index (χ3v) is 3.26. The summed E-state index contributed by atoms with van der Waals surface area (Å²) in [5.41, 5.74) is 1.10. The molecule has 0 spiro atoms. The molecule has 0 unspecified atom stereocenters. The van der Waals surface area contributed by atoms with Gasteiger partial charge in [0, 0.05) is 11.8 Å². The van der Waals surface area contributed by atoms with Crippen molar-refractivity contribution in [2.45, 2.75) is 6.54 Å². The monoisotopic (exact) mass is 281 g/mol. The molecular formula is C15H8FN3O2. The lowest BCUT2D eigenvalue weighted by atomic mass is 10.1. The number of carbonyl (C=O) groups is 2. The van der Waals surface area contributed by atoms with Crippen molar-refractivity contribution in [1.82, 2.24) is 4.98 Å². The van der Waals surface area contributed by atoms with Gasteiger partial charge in [0.25, 0.3) is 11.7 Å². The lowest BCUT2D eigenvalue weighted by Gasteiger charge is -2.16. The van der Waals surface area contributed by atoms with Gasteiger partial charge in [-0.05, 0) is 24.3 Å². The van der Waals surface area contributed by atoms with Crippen LogP contribution >= 0.6 is 0 Å². The molecule has 21 heavy (non-hydrogen) atoms. The SMILES string of the molecule is N#Cc1ncccc1CN1C(=O)C(=O)c2cc(F)ccc21. The van der Waals surface area contributed by atoms with E-state index in [1.54, 1.807) is 12.1 Å². The van der Waals surface area contributed by atoms with Crippen LogP contribution in [0.3, 0.4) is 0 Å². The Balaban J connectivity index is 2.03. The minimum absolute atomic E-state index is 0.0416. The summed E-state index contributed by atoms with van der Waals surface area (Å²) in [6, 6.07) is 8.85. The highest BCUT2D eigenvalue weighted by molar-refractivity contribution is 6.52. The predicted molar refractivity (Wildman–Crippen MR) is 70.9 cm³/mol. The molecule has 1 aliphatic rings. The van der Waals surface area contributed by atoms with E-state index in [4.69, 9.17) is 5.26 Å². The van der Waals surface area contributed by atoms with Crippen molar-refractivity contribution in [2.75, 3.05) is 4.90 Å². The highest BCUT2D eigenvalue weighted by Gasteiger charge is 2.36. The molecule has 0 atom stereocenters. The highest BCUT2D eigenvalue weighted by Crippen LogP contribution is 2.31. The lowest BCUT2D eigenvalue weighted by Crippen LogP contribution is -2.29. The summed E-state index contributed by atoms with van der Waals surface area (Å²) in [7, 11) is 0. The quantitative estimate of drug-likeness (QED) is 0.787. The lowest BCUT2D eigenvalue weighted by molar-refractivity contribution is -0.114. The molecule has 1 aromatic carbocycles. The number of hydrogen-bond donors (Lipinski definition) is 0. The maximum Gasteiger partial charge on any atom is 0.299 e. The number of amides is 1. The summed E-state index contributed by atoms with van der Waals surface area (Å²) in [5.74, 6) is -2.05. The minimum Gasteiger partial charge on any atom is -0.300 e. The van der Waals surface area contributed by atoms with Gasteiger partial charge in [-0.3, -0.25) is 9.59 Å². The zero-order chi connectivity index (χ0) is 15.0. The molecule has 6 heteroatoms. The molecule has 0 bridgehead atoms. The van der Waals surface area contributed by atoms with E-state index in [1.165, 1.54) is 23.2 Å². The third kappa shape index (κ3) is 2.05. The van der Waals surface area contributed by atoms with Crippen LogP contribution in [0.1, 0.15) is 21.6 Å². The van der Waals surface area contributed by atoms with Crippen LogP contribution in [0, 0.1) is 17.1 Å². The van der Waals surface area contributed by atoms with Gasteiger partial charge in [-0.2, -0.15) is 5.26 Å². The number of halogens is 1. The number of ketones is 1. The molecule has 5 nitrogen and oxygen atoms in total. The Hall–Kier alpha value is -3.07. The minimum atomic E-state index is -0.744. The van der Waals surface area contributed by atoms with E-state index in [9.17, 15) is 14.0 Å². The summed E-state index contributed by atoms with van der Waals surface area (Å²) >= 11 is 0. The maximum atomic E-state index is 13.2. The van der Waals surface area contributed by atoms with Gasteiger partial charge in [0.15, 0.2) is 0 Å². The van der Waals surface area contributed by atoms with Gasteiger partial charge in [0.05, 0.1) is 17.8 Å². The maximum absolute atomic E-state index is 13.2. The Kier molecular flexibility index (Phi) is 2.95. The first kappa shape index (κ1) is 12.9. The van der Waals surface area contributed by atoms with E-state index < -0.39 is 17.5 Å². The summed E-state index contributed by atoms with van der Waals surface area (Å²) in [4.78, 5) is 29.0. The number of hydrogen-bond acceptors (Lipinski definition) is 4. The number of Topliss-reactive ketones (excluding diaryl/α,β-unsaturated/α-hetero) is 1. The molecule has 1 aromatic heterocycles. The van der Waals surface area contributed by atoms with Gasteiger partial charge in [-0.15, -0.1) is 0 Å². The first-order valence-electron chi connectivity index (χ1n) is 6.11. The molecule has 0 N–H and O–H groups in total. The average molecular weight is 281 g/mol. The fourth-order valence-electron chi connectivity index (χ4n) is 2.27. The number of carbonyl (C=O) groups excluding carboxylic acids is 2. The summed E-state index contributed by atoms with van der Waals surface area (Å²) < 4.78 is 13.2. The number of fused-ring (bicyclic) bond motifs is 1. The molecule has 0 saturated heterocycles. The van der Waals surface area contributed by atoms with E-state index in [2.05, 4.69) is 4.98 Å². The van der Waals surface area contributed by atoms with Crippen LogP contribution in [0.4, 0.5) is 10.1 Å². The molecule has 2 heterocycles. The molecule has 0 radical (unpaired) electrons. The smallest absolute Gasteiger partial charge is 0.299 e. The molecule has 102 valence electrons. The van der Waals surface area contributed by atoms with Gasteiger partial charge >= 0.3 is 0 Å². The van der Waals surface area contributed by atoms with Gasteiger partial charge in [-0.1, -0.05) is 6.07 Å². The summed E-state index contributed by atoms with van der Waals surface area (Å²) in [6.07, 6.45) is 1.47. The molecule has 2 aromatic rings. The van der Waals surface area contributed by atoms with Crippen molar-refractivity contribution in [2.24, 2.45) is 0 Å². The number of nitrogens with zero attached hydrogens (tertiary/aromatic N) is 3. The fraction of sp³-hybridized carbons (Fsp3) is 0.0667. The first-order chi connectivity index (χ1) is 10.1. The van der Waals surface area contributed by atoms with Crippen molar-refractivity contribution in [3.63, 3.8) is 0 Å². The standard InChI is InChI=1S/C15H8FN3O2/c16-10-3-4-13-11(6-10)14(20)15(21)19(13)8-9-2-1-5-18-12(9)7-17/h1-6H,8H2. The Bertz CT molecular complexity index is 811. The average Bonchev–Trinajstić information content (AvgIpc) is 2.73. The van der Waals surface area contributed by atoms with Crippen LogP contribution in [0.25, 0.3) is 0 Å². The van der Waals surface area contributed by atoms with Crippen LogP contribution < -0.4 is 4.90 Å². The number of aromatic nitrogens is 1. The Morgan fingerprint density at radius 3 is 2.86 bits per heavy atom. The second-order valence-corrected chi connectivity index (χ2v) is 4.50. The fourth-order valence-corrected chi connectivity index (χ4v) is 2.27. The molecular weight excluding hydrogens is 273 g/mol. The molecule has 0 saturated carbocycles. The van der Waals surface area contributed by atoms with Crippen molar-refractivity contribution < 1.29 is 14.0 Å². The first-order valence-corrected chi connectivity index (χ1v) is 6.11. The summed E-state index contributed by atoms with van der Waals surface area (Å²) in [5, 5.41) is 9.01. The van der Waals surface area contributed by atoms with E-state index in [0.29, 0.717) is 11.3 Å². The molecule has 3 rings (SSSR count). The molecule has 1 amide bonds. The van der Waals surface area contributed by atoms with Crippen LogP contribution in [0.15, 0.2) is 36.5 Å². The van der Waals surface area contributed by atoms with Crippen LogP contribution in [0.2, 0.25) is 0 Å². The second kappa shape index (κ2) is 4.80. The van der Waals surface area contributed by atoms with E-state index in [1.807, 2.05) is 6.07 Å². The van der Waals surface area contributed by atoms with Crippen LogP contribution in [0.5, 0.6) is 0 Å². The van der Waals surface area contributed by atoms with Gasteiger partial charge < -0.3 is 4.90 Å². The van der Waals surface area contributed by atoms with Gasteiger partial charge in [0.2, 0.25) is 0 Å². The van der Waals surface area contributed by atoms with Gasteiger partial charge in [-0.25, -0.2) is 9.37 Å². The Morgan fingerprint density at radius 1 is 1.29 bits per heavy atom. The van der Waals surface area contributed by atoms with E-state index in [0.717, 1.165) is 6.07 Å². The van der Waals surface area contributed by atoms with Crippen molar-refractivity contribution in [1.29, 1.82) is 5.26 Å². The van der Waals surface area contributed by atoms with E-state index >= 15 is 0 Å². The van der Waals surface area contributed by atoms with E-state index in [-0.39, 0.29) is 17.8 Å². The van der Waals surface area contributed by atoms with Crippen LogP contribution in [-0.2, 0) is 11.3 Å². The highest BCUT2D eigenvalue weighted by atomic mass is 19.1. The number of pyridine rings is 1. The van der Waals surface area contributed by atoms with Crippen molar-refractivity contribution in [3.05, 3.63) is 59.2 Å². The molecule has 1 aliphatic heterocycles. The largest absolute Gasteiger partial charge is 0.300 e. The number of benzene rings is 1. The second-order valence-electron chi connectivity index (χ2n) is 4.50. The third-order valence-electron chi connectivity index (χ3n) is 3.26. The topological polar surface area (TPSA) is 74.1 Å². The summed E-state index contributed by atoms with van der Waals surface area (Å²) in [6.45, 7) is 0.0416. The van der Waals surface area contributed by atoms with Crippen LogP contribution in [-0.4, -0.2) is 16.7 Å². The number of anilines is 1.